The van der Waals surface area contributed by atoms with E-state index in [1.807, 2.05) is 16.9 Å². The summed E-state index contributed by atoms with van der Waals surface area (Å²) in [6.45, 7) is 0.411. The van der Waals surface area contributed by atoms with E-state index >= 15 is 0 Å². The highest BCUT2D eigenvalue weighted by atomic mass is 19.4. The third kappa shape index (κ3) is 7.69. The molecule has 0 radical (unpaired) electrons. The fraction of sp³-hybridized carbons (Fsp3) is 0.333. The van der Waals surface area contributed by atoms with E-state index in [9.17, 15) is 31.9 Å². The number of carbonyl (C=O) groups excluding carboxylic acids is 1. The summed E-state index contributed by atoms with van der Waals surface area (Å²) in [5, 5.41) is 24.7. The lowest BCUT2D eigenvalue weighted by molar-refractivity contribution is -0.192. The fourth-order valence-corrected chi connectivity index (χ4v) is 4.49. The number of fused-ring (bicyclic) bond motifs is 1. The van der Waals surface area contributed by atoms with Crippen molar-refractivity contribution in [2.75, 3.05) is 13.7 Å². The van der Waals surface area contributed by atoms with Crippen LogP contribution in [0.1, 0.15) is 42.1 Å². The van der Waals surface area contributed by atoms with E-state index in [0.717, 1.165) is 60.0 Å². The van der Waals surface area contributed by atoms with Crippen molar-refractivity contribution in [3.63, 3.8) is 0 Å². The maximum Gasteiger partial charge on any atom is 0.490 e. The number of aromatic nitrogens is 5. The van der Waals surface area contributed by atoms with E-state index in [1.165, 1.54) is 7.11 Å². The standard InChI is InChI=1S/C25H24F2N6O3.C2HF3O2/c1-36-25-30-10-17(11-31-25)21-8-16-13-33(32-22(16)12-28-21)18-4-2-14(3-5-18)9-29-24(35)15-6-19(26)23(34)20(27)7-15;3-2(4,5)1(6)7/h6-8,10-14,18,34H,2-5,9H2,1H3,(H,29,35);(H,6,7). The summed E-state index contributed by atoms with van der Waals surface area (Å²) in [6, 6.07) is 4.15. The van der Waals surface area contributed by atoms with E-state index < -0.39 is 35.4 Å². The molecule has 5 rings (SSSR count). The lowest BCUT2D eigenvalue weighted by atomic mass is 9.86. The number of pyridine rings is 1. The highest BCUT2D eigenvalue weighted by Gasteiger charge is 2.38. The third-order valence-electron chi connectivity index (χ3n) is 6.78. The lowest BCUT2D eigenvalue weighted by Crippen LogP contribution is -2.31. The van der Waals surface area contributed by atoms with Crippen molar-refractivity contribution >= 4 is 22.8 Å². The second-order valence-electron chi connectivity index (χ2n) is 9.67. The van der Waals surface area contributed by atoms with Gasteiger partial charge in [0.2, 0.25) is 0 Å². The summed E-state index contributed by atoms with van der Waals surface area (Å²) < 4.78 is 65.8. The summed E-state index contributed by atoms with van der Waals surface area (Å²) in [4.78, 5) is 33.9. The molecule has 3 aromatic heterocycles. The molecule has 1 aliphatic rings. The van der Waals surface area contributed by atoms with Crippen molar-refractivity contribution in [3.05, 3.63) is 60.2 Å². The Morgan fingerprint density at radius 3 is 2.19 bits per heavy atom. The van der Waals surface area contributed by atoms with Gasteiger partial charge in [0, 0.05) is 41.6 Å². The predicted octanol–water partition coefficient (Wildman–Crippen LogP) is 4.68. The molecule has 1 saturated carbocycles. The number of carboxylic acids is 1. The maximum absolute atomic E-state index is 13.5. The molecule has 1 amide bonds. The van der Waals surface area contributed by atoms with Crippen LogP contribution in [0.2, 0.25) is 0 Å². The van der Waals surface area contributed by atoms with E-state index in [0.29, 0.717) is 12.6 Å². The lowest BCUT2D eigenvalue weighted by Gasteiger charge is -2.28. The van der Waals surface area contributed by atoms with Crippen LogP contribution >= 0.6 is 0 Å². The summed E-state index contributed by atoms with van der Waals surface area (Å²) in [5.41, 5.74) is 2.17. The molecule has 1 fully saturated rings. The minimum absolute atomic E-state index is 0.158. The topological polar surface area (TPSA) is 152 Å². The van der Waals surface area contributed by atoms with E-state index in [-0.39, 0.29) is 17.5 Å². The number of phenols is 1. The van der Waals surface area contributed by atoms with Crippen LogP contribution in [0, 0.1) is 17.6 Å². The Kier molecular flexibility index (Phi) is 9.36. The summed E-state index contributed by atoms with van der Waals surface area (Å²) in [5.74, 6) is -6.48. The molecule has 3 N–H and O–H groups in total. The van der Waals surface area contributed by atoms with Crippen LogP contribution in [0.3, 0.4) is 0 Å². The van der Waals surface area contributed by atoms with Gasteiger partial charge in [-0.15, -0.1) is 0 Å². The Morgan fingerprint density at radius 2 is 1.63 bits per heavy atom. The van der Waals surface area contributed by atoms with Gasteiger partial charge in [-0.1, -0.05) is 0 Å². The van der Waals surface area contributed by atoms with Gasteiger partial charge in [0.1, 0.15) is 5.52 Å². The Morgan fingerprint density at radius 1 is 1.02 bits per heavy atom. The van der Waals surface area contributed by atoms with Crippen LogP contribution < -0.4 is 10.1 Å². The molecule has 0 unspecified atom stereocenters. The number of carbonyl (C=O) groups is 2. The normalized spacial score (nSPS) is 16.7. The maximum atomic E-state index is 13.5. The third-order valence-corrected chi connectivity index (χ3v) is 6.78. The van der Waals surface area contributed by atoms with Gasteiger partial charge < -0.3 is 20.3 Å². The van der Waals surface area contributed by atoms with Crippen LogP contribution in [0.5, 0.6) is 11.8 Å². The van der Waals surface area contributed by atoms with Crippen LogP contribution in [-0.4, -0.2) is 66.7 Å². The number of phenolic OH excluding ortho intramolecular Hbond substituents is 1. The molecule has 228 valence electrons. The number of alkyl halides is 3. The Balaban J connectivity index is 0.000000541. The molecule has 3 heterocycles. The van der Waals surface area contributed by atoms with Crippen molar-refractivity contribution in [2.24, 2.45) is 5.92 Å². The van der Waals surface area contributed by atoms with Gasteiger partial charge in [0.15, 0.2) is 17.4 Å². The van der Waals surface area contributed by atoms with Crippen molar-refractivity contribution < 1.29 is 46.5 Å². The van der Waals surface area contributed by atoms with Gasteiger partial charge in [-0.2, -0.15) is 18.3 Å². The molecule has 0 saturated heterocycles. The number of nitrogens with zero attached hydrogens (tertiary/aromatic N) is 5. The van der Waals surface area contributed by atoms with Gasteiger partial charge in [0.25, 0.3) is 5.91 Å². The molecule has 16 heteroatoms. The molecule has 0 bridgehead atoms. The van der Waals surface area contributed by atoms with Gasteiger partial charge in [-0.3, -0.25) is 14.5 Å². The number of benzene rings is 1. The molecular weight excluding hydrogens is 583 g/mol. The minimum Gasteiger partial charge on any atom is -0.503 e. The first-order valence-electron chi connectivity index (χ1n) is 12.8. The molecule has 0 atom stereocenters. The Labute approximate surface area is 240 Å². The SMILES string of the molecule is COc1ncc(-c2cc3cn(C4CCC(CNC(=O)c5cc(F)c(O)c(F)c5)CC4)nc3cn2)cn1.O=C(O)C(F)(F)F. The van der Waals surface area contributed by atoms with Crippen LogP contribution in [0.25, 0.3) is 22.2 Å². The predicted molar refractivity (Wildman–Crippen MR) is 140 cm³/mol. The van der Waals surface area contributed by atoms with Crippen molar-refractivity contribution in [1.29, 1.82) is 0 Å². The number of rotatable bonds is 6. The Hall–Kier alpha value is -4.89. The zero-order valence-electron chi connectivity index (χ0n) is 22.5. The first kappa shape index (κ1) is 31.1. The highest BCUT2D eigenvalue weighted by Crippen LogP contribution is 2.33. The zero-order chi connectivity index (χ0) is 31.3. The van der Waals surface area contributed by atoms with Crippen molar-refractivity contribution in [1.82, 2.24) is 30.0 Å². The molecular formula is C27H25F5N6O5. The molecule has 4 aromatic rings. The monoisotopic (exact) mass is 608 g/mol. The fourth-order valence-electron chi connectivity index (χ4n) is 4.49. The number of halogens is 5. The van der Waals surface area contributed by atoms with Crippen LogP contribution in [-0.2, 0) is 4.79 Å². The molecule has 1 aromatic carbocycles. The highest BCUT2D eigenvalue weighted by molar-refractivity contribution is 5.94. The smallest absolute Gasteiger partial charge is 0.490 e. The quantitative estimate of drug-likeness (QED) is 0.265. The number of carboxylic acid groups (broad SMARTS) is 1. The molecule has 1 aliphatic carbocycles. The van der Waals surface area contributed by atoms with Gasteiger partial charge in [-0.25, -0.2) is 23.5 Å². The number of methoxy groups -OCH3 is 1. The Bertz CT molecular complexity index is 1580. The summed E-state index contributed by atoms with van der Waals surface area (Å²) >= 11 is 0. The average molecular weight is 609 g/mol. The molecule has 0 spiro atoms. The van der Waals surface area contributed by atoms with E-state index in [1.54, 1.807) is 18.6 Å². The number of aromatic hydroxyl groups is 1. The van der Waals surface area contributed by atoms with Gasteiger partial charge in [0.05, 0.1) is 25.0 Å². The van der Waals surface area contributed by atoms with Crippen LogP contribution in [0.15, 0.2) is 43.0 Å². The minimum atomic E-state index is -5.08. The number of aliphatic carboxylic acids is 1. The van der Waals surface area contributed by atoms with E-state index in [4.69, 9.17) is 19.7 Å². The first-order valence-corrected chi connectivity index (χ1v) is 12.8. The van der Waals surface area contributed by atoms with Crippen molar-refractivity contribution in [2.45, 2.75) is 37.9 Å². The van der Waals surface area contributed by atoms with Crippen LogP contribution in [0.4, 0.5) is 22.0 Å². The van der Waals surface area contributed by atoms with E-state index in [2.05, 4.69) is 20.3 Å². The first-order chi connectivity index (χ1) is 20.3. The zero-order valence-corrected chi connectivity index (χ0v) is 22.5. The number of ether oxygens (including phenoxy) is 1. The number of nitrogens with one attached hydrogen (secondary N) is 1. The average Bonchev–Trinajstić information content (AvgIpc) is 3.42. The van der Waals surface area contributed by atoms with Gasteiger partial charge >= 0.3 is 18.2 Å². The largest absolute Gasteiger partial charge is 0.503 e. The molecule has 0 aliphatic heterocycles. The summed E-state index contributed by atoms with van der Waals surface area (Å²) in [6.07, 6.45) is 5.55. The van der Waals surface area contributed by atoms with Crippen molar-refractivity contribution in [3.8, 4) is 23.0 Å². The number of amides is 1. The second-order valence-corrected chi connectivity index (χ2v) is 9.67. The number of hydrogen-bond acceptors (Lipinski definition) is 8. The second kappa shape index (κ2) is 13.0. The molecule has 43 heavy (non-hydrogen) atoms. The van der Waals surface area contributed by atoms with Gasteiger partial charge in [-0.05, 0) is 49.8 Å². The number of hydrogen-bond donors (Lipinski definition) is 3. The summed E-state index contributed by atoms with van der Waals surface area (Å²) in [7, 11) is 1.51. The molecule has 11 nitrogen and oxygen atoms in total.